The minimum absolute atomic E-state index is 0.0438. The summed E-state index contributed by atoms with van der Waals surface area (Å²) >= 11 is 3.35. The van der Waals surface area contributed by atoms with Crippen LogP contribution in [-0.4, -0.2) is 55.8 Å². The van der Waals surface area contributed by atoms with Crippen molar-refractivity contribution >= 4 is 48.6 Å². The highest BCUT2D eigenvalue weighted by atomic mass is 79.9. The molecule has 0 spiro atoms. The van der Waals surface area contributed by atoms with Crippen molar-refractivity contribution in [3.63, 3.8) is 0 Å². The third kappa shape index (κ3) is 4.04. The lowest BCUT2D eigenvalue weighted by Crippen LogP contribution is -2.51. The Bertz CT molecular complexity index is 923. The smallest absolute Gasteiger partial charge is 0.287 e. The molecule has 1 fully saturated rings. The maximum absolute atomic E-state index is 12.4. The first-order valence-corrected chi connectivity index (χ1v) is 10.4. The molecule has 2 heterocycles. The van der Waals surface area contributed by atoms with Crippen LogP contribution in [0.15, 0.2) is 33.2 Å². The molecule has 2 aromatic rings. The molecule has 1 saturated heterocycles. The number of hydrogen-bond acceptors (Lipinski definition) is 5. The minimum Gasteiger partial charge on any atom is -0.451 e. The molecule has 0 radical (unpaired) electrons. The van der Waals surface area contributed by atoms with Gasteiger partial charge in [0, 0.05) is 22.9 Å². The van der Waals surface area contributed by atoms with Gasteiger partial charge in [0.25, 0.3) is 5.91 Å². The SMILES string of the molecule is CC(NC(=O)c1cc2cc(Br)ccc2o1)C(=O)N1CCS(=O)(=O)CC1. The van der Waals surface area contributed by atoms with Crippen LogP contribution in [0, 0.1) is 0 Å². The average Bonchev–Trinajstić information content (AvgIpc) is 2.97. The summed E-state index contributed by atoms with van der Waals surface area (Å²) in [5.41, 5.74) is 0.577. The highest BCUT2D eigenvalue weighted by molar-refractivity contribution is 9.10. The van der Waals surface area contributed by atoms with E-state index in [4.69, 9.17) is 4.42 Å². The van der Waals surface area contributed by atoms with E-state index in [1.807, 2.05) is 12.1 Å². The number of amides is 2. The number of hydrogen-bond donors (Lipinski definition) is 1. The summed E-state index contributed by atoms with van der Waals surface area (Å²) in [5, 5.41) is 3.38. The van der Waals surface area contributed by atoms with E-state index in [-0.39, 0.29) is 36.3 Å². The zero-order valence-electron chi connectivity index (χ0n) is 13.5. The summed E-state index contributed by atoms with van der Waals surface area (Å²) in [7, 11) is -3.06. The van der Waals surface area contributed by atoms with Crippen molar-refractivity contribution in [3.8, 4) is 0 Å². The molecular formula is C16H17BrN2O5S. The third-order valence-corrected chi connectivity index (χ3v) is 6.18. The maximum atomic E-state index is 12.4. The van der Waals surface area contributed by atoms with Gasteiger partial charge in [-0.2, -0.15) is 0 Å². The highest BCUT2D eigenvalue weighted by Crippen LogP contribution is 2.23. The monoisotopic (exact) mass is 428 g/mol. The fraction of sp³-hybridized carbons (Fsp3) is 0.375. The normalized spacial score (nSPS) is 18.1. The lowest BCUT2D eigenvalue weighted by molar-refractivity contribution is -0.132. The minimum atomic E-state index is -3.06. The Balaban J connectivity index is 1.66. The van der Waals surface area contributed by atoms with Crippen LogP contribution in [0.3, 0.4) is 0 Å². The van der Waals surface area contributed by atoms with E-state index in [0.29, 0.717) is 5.58 Å². The molecular weight excluding hydrogens is 412 g/mol. The number of rotatable bonds is 3. The molecule has 0 aliphatic carbocycles. The van der Waals surface area contributed by atoms with Gasteiger partial charge in [0.15, 0.2) is 15.6 Å². The Labute approximate surface area is 153 Å². The summed E-state index contributed by atoms with van der Waals surface area (Å²) in [5.74, 6) is -0.760. The van der Waals surface area contributed by atoms with Crippen molar-refractivity contribution in [1.29, 1.82) is 0 Å². The Kier molecular flexibility index (Phi) is 4.88. The van der Waals surface area contributed by atoms with Gasteiger partial charge in [-0.1, -0.05) is 15.9 Å². The summed E-state index contributed by atoms with van der Waals surface area (Å²) in [6.07, 6.45) is 0. The number of carbonyl (C=O) groups is 2. The quantitative estimate of drug-likeness (QED) is 0.799. The number of fused-ring (bicyclic) bond motifs is 1. The molecule has 1 atom stereocenters. The first-order chi connectivity index (χ1) is 11.7. The Morgan fingerprint density at radius 2 is 1.92 bits per heavy atom. The van der Waals surface area contributed by atoms with Gasteiger partial charge in [-0.15, -0.1) is 0 Å². The van der Waals surface area contributed by atoms with Gasteiger partial charge in [-0.05, 0) is 31.2 Å². The van der Waals surface area contributed by atoms with Crippen molar-refractivity contribution in [2.45, 2.75) is 13.0 Å². The van der Waals surface area contributed by atoms with Gasteiger partial charge < -0.3 is 14.6 Å². The van der Waals surface area contributed by atoms with Gasteiger partial charge in [-0.3, -0.25) is 9.59 Å². The fourth-order valence-corrected chi connectivity index (χ4v) is 4.24. The van der Waals surface area contributed by atoms with Crippen molar-refractivity contribution in [3.05, 3.63) is 34.5 Å². The van der Waals surface area contributed by atoms with E-state index < -0.39 is 21.8 Å². The zero-order valence-corrected chi connectivity index (χ0v) is 15.9. The number of halogens is 1. The summed E-state index contributed by atoms with van der Waals surface area (Å²) < 4.78 is 29.2. The van der Waals surface area contributed by atoms with Crippen molar-refractivity contribution < 1.29 is 22.4 Å². The predicted molar refractivity (Wildman–Crippen MR) is 96.1 cm³/mol. The van der Waals surface area contributed by atoms with Crippen LogP contribution in [-0.2, 0) is 14.6 Å². The molecule has 1 aliphatic heterocycles. The Morgan fingerprint density at radius 3 is 2.60 bits per heavy atom. The second-order valence-electron chi connectivity index (χ2n) is 5.97. The maximum Gasteiger partial charge on any atom is 0.287 e. The number of nitrogens with one attached hydrogen (secondary N) is 1. The molecule has 0 saturated carbocycles. The fourth-order valence-electron chi connectivity index (χ4n) is 2.66. The first kappa shape index (κ1) is 17.9. The Morgan fingerprint density at radius 1 is 1.24 bits per heavy atom. The van der Waals surface area contributed by atoms with Gasteiger partial charge in [-0.25, -0.2) is 8.42 Å². The van der Waals surface area contributed by atoms with E-state index in [1.54, 1.807) is 19.1 Å². The van der Waals surface area contributed by atoms with E-state index >= 15 is 0 Å². The Hall–Kier alpha value is -1.87. The molecule has 9 heteroatoms. The lowest BCUT2D eigenvalue weighted by Gasteiger charge is -2.29. The second-order valence-corrected chi connectivity index (χ2v) is 9.18. The molecule has 25 heavy (non-hydrogen) atoms. The van der Waals surface area contributed by atoms with Crippen LogP contribution in [0.4, 0.5) is 0 Å². The van der Waals surface area contributed by atoms with Crippen molar-refractivity contribution in [2.75, 3.05) is 24.6 Å². The number of benzene rings is 1. The van der Waals surface area contributed by atoms with E-state index in [2.05, 4.69) is 21.2 Å². The van der Waals surface area contributed by atoms with Crippen molar-refractivity contribution in [2.24, 2.45) is 0 Å². The van der Waals surface area contributed by atoms with Crippen LogP contribution in [0.2, 0.25) is 0 Å². The van der Waals surface area contributed by atoms with Crippen LogP contribution in [0.1, 0.15) is 17.5 Å². The van der Waals surface area contributed by atoms with Gasteiger partial charge in [0.2, 0.25) is 5.91 Å². The molecule has 134 valence electrons. The third-order valence-electron chi connectivity index (χ3n) is 4.08. The van der Waals surface area contributed by atoms with Crippen LogP contribution in [0.5, 0.6) is 0 Å². The van der Waals surface area contributed by atoms with E-state index in [9.17, 15) is 18.0 Å². The summed E-state index contributed by atoms with van der Waals surface area (Å²) in [6, 6.07) is 6.23. The van der Waals surface area contributed by atoms with E-state index in [0.717, 1.165) is 9.86 Å². The van der Waals surface area contributed by atoms with Gasteiger partial charge >= 0.3 is 0 Å². The number of nitrogens with zero attached hydrogens (tertiary/aromatic N) is 1. The first-order valence-electron chi connectivity index (χ1n) is 7.74. The number of sulfone groups is 1. The molecule has 1 aromatic carbocycles. The topological polar surface area (TPSA) is 96.7 Å². The van der Waals surface area contributed by atoms with Crippen LogP contribution >= 0.6 is 15.9 Å². The molecule has 1 N–H and O–H groups in total. The highest BCUT2D eigenvalue weighted by Gasteiger charge is 2.29. The van der Waals surface area contributed by atoms with E-state index in [1.165, 1.54) is 4.90 Å². The predicted octanol–water partition coefficient (Wildman–Crippen LogP) is 1.57. The molecule has 7 nitrogen and oxygen atoms in total. The zero-order chi connectivity index (χ0) is 18.2. The molecule has 1 unspecified atom stereocenters. The van der Waals surface area contributed by atoms with Crippen LogP contribution < -0.4 is 5.32 Å². The van der Waals surface area contributed by atoms with Crippen molar-refractivity contribution in [1.82, 2.24) is 10.2 Å². The second kappa shape index (κ2) is 6.80. The van der Waals surface area contributed by atoms with Gasteiger partial charge in [0.05, 0.1) is 11.5 Å². The standard InChI is InChI=1S/C16H17BrN2O5S/c1-10(16(21)19-4-6-25(22,23)7-5-19)18-15(20)14-9-11-8-12(17)2-3-13(11)24-14/h2-3,8-10H,4-7H2,1H3,(H,18,20). The molecule has 0 bridgehead atoms. The molecule has 1 aromatic heterocycles. The van der Waals surface area contributed by atoms with Gasteiger partial charge in [0.1, 0.15) is 11.6 Å². The summed E-state index contributed by atoms with van der Waals surface area (Å²) in [4.78, 5) is 26.1. The summed E-state index contributed by atoms with van der Waals surface area (Å²) in [6.45, 7) is 1.88. The molecule has 1 aliphatic rings. The average molecular weight is 429 g/mol. The lowest BCUT2D eigenvalue weighted by atomic mass is 10.2. The number of carbonyl (C=O) groups excluding carboxylic acids is 2. The molecule has 3 rings (SSSR count). The molecule has 2 amide bonds. The largest absolute Gasteiger partial charge is 0.451 e. The number of furan rings is 1. The van der Waals surface area contributed by atoms with Crippen LogP contribution in [0.25, 0.3) is 11.0 Å².